The fourth-order valence-electron chi connectivity index (χ4n) is 3.05. The lowest BCUT2D eigenvalue weighted by molar-refractivity contribution is -0.120. The van der Waals surface area contributed by atoms with E-state index < -0.39 is 6.09 Å². The molecular weight excluding hydrogens is 382 g/mol. The number of hydrogen-bond donors (Lipinski definition) is 2. The maximum atomic E-state index is 12.0. The van der Waals surface area contributed by atoms with Crippen molar-refractivity contribution in [2.24, 2.45) is 0 Å². The first-order valence-electron chi connectivity index (χ1n) is 9.72. The molecule has 0 aliphatic heterocycles. The Hall–Kier alpha value is -3.68. The van der Waals surface area contributed by atoms with Gasteiger partial charge < -0.3 is 15.4 Å². The first-order chi connectivity index (χ1) is 14.5. The molecule has 8 heteroatoms. The number of hydrogen-bond acceptors (Lipinski definition) is 5. The summed E-state index contributed by atoms with van der Waals surface area (Å²) in [6, 6.07) is 15.0. The van der Waals surface area contributed by atoms with Crippen molar-refractivity contribution in [3.8, 4) is 5.82 Å². The Morgan fingerprint density at radius 3 is 2.53 bits per heavy atom. The molecule has 0 spiro atoms. The molecule has 0 bridgehead atoms. The zero-order valence-corrected chi connectivity index (χ0v) is 17.1. The van der Waals surface area contributed by atoms with E-state index in [1.54, 1.807) is 10.9 Å². The van der Waals surface area contributed by atoms with Crippen molar-refractivity contribution < 1.29 is 14.3 Å². The van der Waals surface area contributed by atoms with Crippen molar-refractivity contribution >= 4 is 12.0 Å². The van der Waals surface area contributed by atoms with E-state index in [0.717, 1.165) is 28.3 Å². The number of benzene rings is 1. The molecule has 0 fully saturated rings. The summed E-state index contributed by atoms with van der Waals surface area (Å²) >= 11 is 0. The number of ether oxygens (including phenoxy) is 1. The van der Waals surface area contributed by atoms with Crippen LogP contribution in [0.2, 0.25) is 0 Å². The van der Waals surface area contributed by atoms with Gasteiger partial charge in [-0.25, -0.2) is 14.5 Å². The van der Waals surface area contributed by atoms with Gasteiger partial charge in [0.15, 0.2) is 5.82 Å². The molecular formula is C22H25N5O3. The Labute approximate surface area is 175 Å². The van der Waals surface area contributed by atoms with Gasteiger partial charge in [-0.3, -0.25) is 4.79 Å². The summed E-state index contributed by atoms with van der Waals surface area (Å²) in [6.07, 6.45) is 1.73. The topological polar surface area (TPSA) is 98.1 Å². The van der Waals surface area contributed by atoms with Crippen LogP contribution in [0.25, 0.3) is 5.82 Å². The van der Waals surface area contributed by atoms with Crippen LogP contribution >= 0.6 is 0 Å². The predicted molar refractivity (Wildman–Crippen MR) is 112 cm³/mol. The summed E-state index contributed by atoms with van der Waals surface area (Å²) in [5, 5.41) is 9.80. The molecule has 2 aromatic heterocycles. The van der Waals surface area contributed by atoms with E-state index >= 15 is 0 Å². The number of pyridine rings is 1. The van der Waals surface area contributed by atoms with Crippen LogP contribution in [0, 0.1) is 13.8 Å². The van der Waals surface area contributed by atoms with Crippen LogP contribution in [0.5, 0.6) is 0 Å². The Kier molecular flexibility index (Phi) is 7.15. The Balaban J connectivity index is 1.41. The van der Waals surface area contributed by atoms with Crippen LogP contribution in [0.15, 0.2) is 54.7 Å². The van der Waals surface area contributed by atoms with Gasteiger partial charge in [0.05, 0.1) is 12.2 Å². The third-order valence-electron chi connectivity index (χ3n) is 4.61. The van der Waals surface area contributed by atoms with Crippen molar-refractivity contribution in [3.05, 3.63) is 77.2 Å². The number of aromatic nitrogens is 3. The molecule has 0 saturated carbocycles. The normalized spacial score (nSPS) is 10.5. The van der Waals surface area contributed by atoms with Crippen molar-refractivity contribution in [2.45, 2.75) is 26.9 Å². The summed E-state index contributed by atoms with van der Waals surface area (Å²) in [5.41, 5.74) is 3.84. The number of amides is 2. The number of rotatable bonds is 8. The average Bonchev–Trinajstić information content (AvgIpc) is 3.06. The Morgan fingerprint density at radius 2 is 1.80 bits per heavy atom. The minimum atomic E-state index is -0.627. The maximum absolute atomic E-state index is 12.0. The van der Waals surface area contributed by atoms with Crippen LogP contribution in [0.4, 0.5) is 4.79 Å². The maximum Gasteiger partial charge on any atom is 0.407 e. The van der Waals surface area contributed by atoms with Crippen molar-refractivity contribution in [3.63, 3.8) is 0 Å². The fraction of sp³-hybridized carbons (Fsp3) is 0.273. The van der Waals surface area contributed by atoms with Crippen molar-refractivity contribution in [2.75, 3.05) is 13.1 Å². The average molecular weight is 407 g/mol. The molecule has 0 radical (unpaired) electrons. The minimum Gasteiger partial charge on any atom is -0.445 e. The van der Waals surface area contributed by atoms with E-state index in [-0.39, 0.29) is 19.1 Å². The van der Waals surface area contributed by atoms with E-state index in [1.807, 2.05) is 62.4 Å². The lowest BCUT2D eigenvalue weighted by atomic mass is 10.1. The molecule has 30 heavy (non-hydrogen) atoms. The highest BCUT2D eigenvalue weighted by Crippen LogP contribution is 2.16. The summed E-state index contributed by atoms with van der Waals surface area (Å²) in [7, 11) is 0. The van der Waals surface area contributed by atoms with Gasteiger partial charge >= 0.3 is 6.09 Å². The van der Waals surface area contributed by atoms with Gasteiger partial charge in [-0.1, -0.05) is 36.4 Å². The lowest BCUT2D eigenvalue weighted by Crippen LogP contribution is -2.37. The molecule has 3 aromatic rings. The summed E-state index contributed by atoms with van der Waals surface area (Å²) in [5.74, 6) is 0.477. The van der Waals surface area contributed by atoms with Gasteiger partial charge in [0.1, 0.15) is 6.61 Å². The van der Waals surface area contributed by atoms with Crippen LogP contribution in [0.3, 0.4) is 0 Å². The van der Waals surface area contributed by atoms with E-state index in [0.29, 0.717) is 13.0 Å². The second kappa shape index (κ2) is 10.2. The van der Waals surface area contributed by atoms with Gasteiger partial charge in [0.2, 0.25) is 5.91 Å². The van der Waals surface area contributed by atoms with Gasteiger partial charge in [0.25, 0.3) is 0 Å². The number of alkyl carbamates (subject to hydrolysis) is 1. The first-order valence-corrected chi connectivity index (χ1v) is 9.72. The van der Waals surface area contributed by atoms with E-state index in [1.165, 1.54) is 0 Å². The van der Waals surface area contributed by atoms with Crippen LogP contribution in [0.1, 0.15) is 22.5 Å². The molecule has 0 atom stereocenters. The highest BCUT2D eigenvalue weighted by atomic mass is 16.5. The third kappa shape index (κ3) is 5.66. The molecule has 2 amide bonds. The molecule has 3 rings (SSSR count). The van der Waals surface area contributed by atoms with E-state index in [9.17, 15) is 9.59 Å². The van der Waals surface area contributed by atoms with Crippen molar-refractivity contribution in [1.29, 1.82) is 0 Å². The molecule has 0 aliphatic rings. The lowest BCUT2D eigenvalue weighted by Gasteiger charge is -2.08. The van der Waals surface area contributed by atoms with Gasteiger partial charge in [-0.05, 0) is 43.5 Å². The smallest absolute Gasteiger partial charge is 0.407 e. The second-order valence-electron chi connectivity index (χ2n) is 6.76. The molecule has 1 aromatic carbocycles. The number of aryl methyl sites for hydroxylation is 1. The molecule has 0 saturated heterocycles. The zero-order chi connectivity index (χ0) is 21.3. The quantitative estimate of drug-likeness (QED) is 0.598. The third-order valence-corrected chi connectivity index (χ3v) is 4.61. The van der Waals surface area contributed by atoms with Crippen molar-refractivity contribution in [1.82, 2.24) is 25.4 Å². The number of nitrogens with one attached hydrogen (secondary N) is 2. The van der Waals surface area contributed by atoms with Crippen LogP contribution < -0.4 is 10.6 Å². The summed E-state index contributed by atoms with van der Waals surface area (Å²) in [6.45, 7) is 4.38. The summed E-state index contributed by atoms with van der Waals surface area (Å²) < 4.78 is 6.88. The SMILES string of the molecule is Cc1nn(-c2ccccn2)c(C)c1CCNC(=O)CNC(=O)OCc1ccccc1. The summed E-state index contributed by atoms with van der Waals surface area (Å²) in [4.78, 5) is 28.0. The molecule has 8 nitrogen and oxygen atoms in total. The number of carbonyl (C=O) groups is 2. The van der Waals surface area contributed by atoms with E-state index in [4.69, 9.17) is 4.74 Å². The number of carbonyl (C=O) groups excluding carboxylic acids is 2. The van der Waals surface area contributed by atoms with Gasteiger partial charge in [0, 0.05) is 18.4 Å². The monoisotopic (exact) mass is 407 g/mol. The fourth-order valence-corrected chi connectivity index (χ4v) is 3.05. The van der Waals surface area contributed by atoms with E-state index in [2.05, 4.69) is 20.7 Å². The predicted octanol–water partition coefficient (Wildman–Crippen LogP) is 2.47. The van der Waals surface area contributed by atoms with Gasteiger partial charge in [-0.15, -0.1) is 0 Å². The highest BCUT2D eigenvalue weighted by molar-refractivity contribution is 5.82. The van der Waals surface area contributed by atoms with Crippen LogP contribution in [-0.4, -0.2) is 39.9 Å². The van der Waals surface area contributed by atoms with Gasteiger partial charge in [-0.2, -0.15) is 5.10 Å². The minimum absolute atomic E-state index is 0.140. The molecule has 0 aliphatic carbocycles. The molecule has 2 heterocycles. The second-order valence-corrected chi connectivity index (χ2v) is 6.76. The Bertz CT molecular complexity index is 987. The Morgan fingerprint density at radius 1 is 1.03 bits per heavy atom. The first kappa shape index (κ1) is 21.0. The molecule has 0 unspecified atom stereocenters. The number of nitrogens with zero attached hydrogens (tertiary/aromatic N) is 3. The zero-order valence-electron chi connectivity index (χ0n) is 17.1. The molecule has 2 N–H and O–H groups in total. The largest absolute Gasteiger partial charge is 0.445 e. The molecule has 156 valence electrons. The standard InChI is InChI=1S/C22H25N5O3/c1-16-19(17(2)27(26-16)20-10-6-7-12-23-20)11-13-24-21(28)14-25-22(29)30-15-18-8-4-3-5-9-18/h3-10,12H,11,13-15H2,1-2H3,(H,24,28)(H,25,29). The van der Waals surface area contributed by atoms with Crippen LogP contribution in [-0.2, 0) is 22.6 Å². The highest BCUT2D eigenvalue weighted by Gasteiger charge is 2.14.